The number of carboxylic acid groups (broad SMARTS) is 1. The first-order chi connectivity index (χ1) is 9.20. The summed E-state index contributed by atoms with van der Waals surface area (Å²) in [6, 6.07) is 4.58. The predicted octanol–water partition coefficient (Wildman–Crippen LogP) is 2.02. The molecule has 0 atom stereocenters. The van der Waals surface area contributed by atoms with E-state index in [2.05, 4.69) is 5.32 Å². The van der Waals surface area contributed by atoms with Crippen LogP contribution in [0.15, 0.2) is 18.2 Å². The first-order valence-electron chi connectivity index (χ1n) is 5.68. The zero-order chi connectivity index (χ0) is 15.5. The molecule has 106 valence electrons. The summed E-state index contributed by atoms with van der Waals surface area (Å²) < 4.78 is 13.6. The number of urea groups is 1. The molecule has 0 saturated heterocycles. The minimum atomic E-state index is -1.44. The summed E-state index contributed by atoms with van der Waals surface area (Å²) in [5, 5.41) is 19.9. The third-order valence-corrected chi connectivity index (χ3v) is 3.01. The molecule has 0 aliphatic heterocycles. The largest absolute Gasteiger partial charge is 0.480 e. The van der Waals surface area contributed by atoms with Crippen molar-refractivity contribution in [1.82, 2.24) is 4.90 Å². The maximum Gasteiger partial charge on any atom is 0.329 e. The fourth-order valence-corrected chi connectivity index (χ4v) is 1.28. The molecule has 0 aromatic heterocycles. The second-order valence-electron chi connectivity index (χ2n) is 4.66. The molecule has 0 aliphatic rings. The molecule has 20 heavy (non-hydrogen) atoms. The van der Waals surface area contributed by atoms with E-state index in [1.54, 1.807) is 6.07 Å². The van der Waals surface area contributed by atoms with Gasteiger partial charge < -0.3 is 15.3 Å². The molecule has 2 amide bonds. The quantitative estimate of drug-likeness (QED) is 0.885. The minimum Gasteiger partial charge on any atom is -0.480 e. The van der Waals surface area contributed by atoms with Crippen LogP contribution < -0.4 is 5.32 Å². The molecular weight excluding hydrogens is 265 g/mol. The SMILES string of the molecule is CN(C(=O)Nc1ccc(C#N)cc1F)C(C)(C)C(=O)O. The average molecular weight is 279 g/mol. The second kappa shape index (κ2) is 5.57. The number of carbonyl (C=O) groups is 2. The van der Waals surface area contributed by atoms with Crippen LogP contribution in [0.25, 0.3) is 0 Å². The monoisotopic (exact) mass is 279 g/mol. The summed E-state index contributed by atoms with van der Waals surface area (Å²) in [6.07, 6.45) is 0. The van der Waals surface area contributed by atoms with Crippen molar-refractivity contribution in [3.8, 4) is 6.07 Å². The molecule has 0 radical (unpaired) electrons. The number of halogens is 1. The highest BCUT2D eigenvalue weighted by molar-refractivity contribution is 5.93. The van der Waals surface area contributed by atoms with E-state index >= 15 is 0 Å². The van der Waals surface area contributed by atoms with Crippen LogP contribution in [-0.4, -0.2) is 34.6 Å². The lowest BCUT2D eigenvalue weighted by Gasteiger charge is -2.31. The molecular formula is C13H14FN3O3. The predicted molar refractivity (Wildman–Crippen MR) is 69.6 cm³/mol. The lowest BCUT2D eigenvalue weighted by molar-refractivity contribution is -0.146. The Hall–Kier alpha value is -2.62. The maximum absolute atomic E-state index is 13.6. The Balaban J connectivity index is 2.92. The van der Waals surface area contributed by atoms with Gasteiger partial charge in [0.1, 0.15) is 11.4 Å². The van der Waals surface area contributed by atoms with Crippen molar-refractivity contribution in [2.45, 2.75) is 19.4 Å². The van der Waals surface area contributed by atoms with Gasteiger partial charge in [-0.25, -0.2) is 14.0 Å². The van der Waals surface area contributed by atoms with E-state index in [-0.39, 0.29) is 11.3 Å². The van der Waals surface area contributed by atoms with E-state index in [1.807, 2.05) is 0 Å². The van der Waals surface area contributed by atoms with Crippen LogP contribution in [0.5, 0.6) is 0 Å². The summed E-state index contributed by atoms with van der Waals surface area (Å²) in [5.41, 5.74) is -1.44. The molecule has 1 aromatic carbocycles. The number of carbonyl (C=O) groups excluding carboxylic acids is 1. The van der Waals surface area contributed by atoms with Gasteiger partial charge in [-0.1, -0.05) is 0 Å². The molecule has 1 rings (SSSR count). The Kier molecular flexibility index (Phi) is 4.30. The van der Waals surface area contributed by atoms with Crippen LogP contribution >= 0.6 is 0 Å². The number of amides is 2. The Morgan fingerprint density at radius 2 is 2.05 bits per heavy atom. The van der Waals surface area contributed by atoms with Crippen molar-refractivity contribution < 1.29 is 19.1 Å². The van der Waals surface area contributed by atoms with Gasteiger partial charge in [0.2, 0.25) is 0 Å². The fourth-order valence-electron chi connectivity index (χ4n) is 1.28. The molecule has 2 N–H and O–H groups in total. The van der Waals surface area contributed by atoms with Crippen LogP contribution in [-0.2, 0) is 4.79 Å². The number of benzene rings is 1. The standard InChI is InChI=1S/C13H14FN3O3/c1-13(2,11(18)19)17(3)12(20)16-10-5-4-8(7-15)6-9(10)14/h4-6H,1-3H3,(H,16,20)(H,18,19). The number of aliphatic carboxylic acids is 1. The third-order valence-electron chi connectivity index (χ3n) is 3.01. The first kappa shape index (κ1) is 15.4. The molecule has 1 aromatic rings. The molecule has 0 fully saturated rings. The zero-order valence-corrected chi connectivity index (χ0v) is 11.3. The summed E-state index contributed by atoms with van der Waals surface area (Å²) >= 11 is 0. The van der Waals surface area contributed by atoms with Crippen molar-refractivity contribution in [1.29, 1.82) is 5.26 Å². The van der Waals surface area contributed by atoms with Crippen molar-refractivity contribution >= 4 is 17.7 Å². The van der Waals surface area contributed by atoms with Crippen LogP contribution in [0, 0.1) is 17.1 Å². The Morgan fingerprint density at radius 3 is 2.50 bits per heavy atom. The smallest absolute Gasteiger partial charge is 0.329 e. The van der Waals surface area contributed by atoms with Gasteiger partial charge in [0, 0.05) is 7.05 Å². The van der Waals surface area contributed by atoms with E-state index in [1.165, 1.54) is 33.0 Å². The number of anilines is 1. The van der Waals surface area contributed by atoms with Gasteiger partial charge in [-0.2, -0.15) is 5.26 Å². The molecule has 0 heterocycles. The van der Waals surface area contributed by atoms with Gasteiger partial charge in [0.25, 0.3) is 0 Å². The number of nitrogens with one attached hydrogen (secondary N) is 1. The molecule has 0 bridgehead atoms. The van der Waals surface area contributed by atoms with E-state index in [0.717, 1.165) is 11.0 Å². The number of nitriles is 1. The van der Waals surface area contributed by atoms with Gasteiger partial charge >= 0.3 is 12.0 Å². The van der Waals surface area contributed by atoms with Gasteiger partial charge in [-0.15, -0.1) is 0 Å². The van der Waals surface area contributed by atoms with E-state index in [0.29, 0.717) is 0 Å². The van der Waals surface area contributed by atoms with Crippen molar-refractivity contribution in [2.24, 2.45) is 0 Å². The van der Waals surface area contributed by atoms with Gasteiger partial charge in [-0.05, 0) is 32.0 Å². The van der Waals surface area contributed by atoms with Gasteiger partial charge in [0.05, 0.1) is 17.3 Å². The van der Waals surface area contributed by atoms with E-state index in [9.17, 15) is 14.0 Å². The lowest BCUT2D eigenvalue weighted by atomic mass is 10.1. The van der Waals surface area contributed by atoms with Crippen molar-refractivity contribution in [3.63, 3.8) is 0 Å². The normalized spacial score (nSPS) is 10.6. The highest BCUT2D eigenvalue weighted by Gasteiger charge is 2.35. The minimum absolute atomic E-state index is 0.123. The van der Waals surface area contributed by atoms with Crippen LogP contribution in [0.3, 0.4) is 0 Å². The summed E-state index contributed by atoms with van der Waals surface area (Å²) in [6.45, 7) is 2.70. The number of carboxylic acids is 1. The van der Waals surface area contributed by atoms with Crippen molar-refractivity contribution in [2.75, 3.05) is 12.4 Å². The Morgan fingerprint density at radius 1 is 1.45 bits per heavy atom. The van der Waals surface area contributed by atoms with Crippen LogP contribution in [0.1, 0.15) is 19.4 Å². The number of likely N-dealkylation sites (N-methyl/N-ethyl adjacent to an activating group) is 1. The Bertz CT molecular complexity index is 593. The highest BCUT2D eigenvalue weighted by Crippen LogP contribution is 2.18. The molecule has 7 heteroatoms. The first-order valence-corrected chi connectivity index (χ1v) is 5.68. The summed E-state index contributed by atoms with van der Waals surface area (Å²) in [5.74, 6) is -1.95. The molecule has 6 nitrogen and oxygen atoms in total. The summed E-state index contributed by atoms with van der Waals surface area (Å²) in [7, 11) is 1.30. The van der Waals surface area contributed by atoms with E-state index < -0.39 is 23.4 Å². The van der Waals surface area contributed by atoms with Crippen LogP contribution in [0.4, 0.5) is 14.9 Å². The average Bonchev–Trinajstić information content (AvgIpc) is 2.39. The second-order valence-corrected chi connectivity index (χ2v) is 4.66. The van der Waals surface area contributed by atoms with Crippen molar-refractivity contribution in [3.05, 3.63) is 29.6 Å². The zero-order valence-electron chi connectivity index (χ0n) is 11.3. The van der Waals surface area contributed by atoms with Gasteiger partial charge in [0.15, 0.2) is 0 Å². The van der Waals surface area contributed by atoms with Gasteiger partial charge in [-0.3, -0.25) is 0 Å². The number of hydrogen-bond donors (Lipinski definition) is 2. The lowest BCUT2D eigenvalue weighted by Crippen LogP contribution is -2.52. The van der Waals surface area contributed by atoms with Crippen LogP contribution in [0.2, 0.25) is 0 Å². The maximum atomic E-state index is 13.6. The molecule has 0 saturated carbocycles. The molecule has 0 aliphatic carbocycles. The topological polar surface area (TPSA) is 93.4 Å². The highest BCUT2D eigenvalue weighted by atomic mass is 19.1. The number of nitrogens with zero attached hydrogens (tertiary/aromatic N) is 2. The third kappa shape index (κ3) is 3.03. The number of hydrogen-bond acceptors (Lipinski definition) is 3. The Labute approximate surface area is 115 Å². The fraction of sp³-hybridized carbons (Fsp3) is 0.308. The number of rotatable bonds is 3. The summed E-state index contributed by atoms with van der Waals surface area (Å²) in [4.78, 5) is 23.9. The molecule has 0 unspecified atom stereocenters. The molecule has 0 spiro atoms. The van der Waals surface area contributed by atoms with E-state index in [4.69, 9.17) is 10.4 Å².